The largest absolute Gasteiger partial charge is 0.325 e. The highest BCUT2D eigenvalue weighted by atomic mass is 32.2. The van der Waals surface area contributed by atoms with E-state index in [-0.39, 0.29) is 5.91 Å². The van der Waals surface area contributed by atoms with Crippen LogP contribution in [-0.4, -0.2) is 16.1 Å². The minimum absolute atomic E-state index is 0.128. The molecule has 0 aliphatic carbocycles. The SMILES string of the molecule is Cc1ccc(-c2cc(-c3ccccc3)nc(SC(C)C(=O)Nc3cc(C)ccc3C)c2C#N)cc1. The summed E-state index contributed by atoms with van der Waals surface area (Å²) in [4.78, 5) is 17.9. The topological polar surface area (TPSA) is 65.8 Å². The quantitative estimate of drug-likeness (QED) is 0.295. The number of nitriles is 1. The molecule has 0 bridgehead atoms. The number of aryl methyl sites for hydroxylation is 3. The number of thioether (sulfide) groups is 1. The van der Waals surface area contributed by atoms with Gasteiger partial charge in [0.15, 0.2) is 0 Å². The van der Waals surface area contributed by atoms with E-state index >= 15 is 0 Å². The van der Waals surface area contributed by atoms with Gasteiger partial charge in [0, 0.05) is 16.8 Å². The van der Waals surface area contributed by atoms with Crippen LogP contribution in [0.1, 0.15) is 29.2 Å². The van der Waals surface area contributed by atoms with Crippen LogP contribution < -0.4 is 5.32 Å². The Kier molecular flexibility index (Phi) is 7.33. The molecule has 35 heavy (non-hydrogen) atoms. The molecule has 0 saturated heterocycles. The smallest absolute Gasteiger partial charge is 0.237 e. The number of hydrogen-bond donors (Lipinski definition) is 1. The Labute approximate surface area is 211 Å². The normalized spacial score (nSPS) is 11.5. The molecule has 1 atom stereocenters. The first-order chi connectivity index (χ1) is 16.9. The molecule has 1 heterocycles. The Morgan fingerprint density at radius 2 is 1.60 bits per heavy atom. The van der Waals surface area contributed by atoms with E-state index < -0.39 is 5.25 Å². The van der Waals surface area contributed by atoms with Crippen molar-refractivity contribution in [3.8, 4) is 28.5 Å². The van der Waals surface area contributed by atoms with Gasteiger partial charge in [-0.05, 0) is 56.5 Å². The zero-order chi connectivity index (χ0) is 24.9. The van der Waals surface area contributed by atoms with E-state index in [4.69, 9.17) is 4.98 Å². The van der Waals surface area contributed by atoms with Crippen LogP contribution in [0.25, 0.3) is 22.4 Å². The zero-order valence-corrected chi connectivity index (χ0v) is 21.1. The average molecular weight is 478 g/mol. The second-order valence-corrected chi connectivity index (χ2v) is 9.98. The van der Waals surface area contributed by atoms with Crippen molar-refractivity contribution in [3.63, 3.8) is 0 Å². The van der Waals surface area contributed by atoms with Crippen LogP contribution in [0.15, 0.2) is 83.9 Å². The standard InChI is InChI=1S/C30H27N3OS/c1-19-11-14-23(15-12-19)25-17-28(24-8-6-5-7-9-24)33-30(26(25)18-31)35-22(4)29(34)32-27-16-20(2)10-13-21(27)3/h5-17,22H,1-4H3,(H,32,34). The molecule has 0 saturated carbocycles. The lowest BCUT2D eigenvalue weighted by Crippen LogP contribution is -2.23. The minimum atomic E-state index is -0.452. The number of rotatable bonds is 6. The number of pyridine rings is 1. The minimum Gasteiger partial charge on any atom is -0.325 e. The molecule has 1 amide bonds. The Morgan fingerprint density at radius 3 is 2.29 bits per heavy atom. The van der Waals surface area contributed by atoms with E-state index in [0.717, 1.165) is 44.8 Å². The fourth-order valence-corrected chi connectivity index (χ4v) is 4.68. The third-order valence-corrected chi connectivity index (χ3v) is 6.93. The highest BCUT2D eigenvalue weighted by Gasteiger charge is 2.22. The molecular weight excluding hydrogens is 450 g/mol. The van der Waals surface area contributed by atoms with Gasteiger partial charge < -0.3 is 5.32 Å². The lowest BCUT2D eigenvalue weighted by Gasteiger charge is -2.17. The summed E-state index contributed by atoms with van der Waals surface area (Å²) in [7, 11) is 0. The molecule has 0 radical (unpaired) electrons. The van der Waals surface area contributed by atoms with Crippen LogP contribution in [0, 0.1) is 32.1 Å². The first kappa shape index (κ1) is 24.3. The van der Waals surface area contributed by atoms with Gasteiger partial charge in [0.05, 0.1) is 16.5 Å². The molecule has 174 valence electrons. The van der Waals surface area contributed by atoms with Gasteiger partial charge in [0.25, 0.3) is 0 Å². The van der Waals surface area contributed by atoms with Crippen molar-refractivity contribution in [1.29, 1.82) is 5.26 Å². The van der Waals surface area contributed by atoms with Gasteiger partial charge in [0.1, 0.15) is 11.1 Å². The maximum Gasteiger partial charge on any atom is 0.237 e. The predicted octanol–water partition coefficient (Wildman–Crippen LogP) is 7.33. The van der Waals surface area contributed by atoms with Crippen molar-refractivity contribution < 1.29 is 4.79 Å². The van der Waals surface area contributed by atoms with Crippen molar-refractivity contribution >= 4 is 23.4 Å². The average Bonchev–Trinajstić information content (AvgIpc) is 2.86. The number of nitrogens with one attached hydrogen (secondary N) is 1. The van der Waals surface area contributed by atoms with Crippen LogP contribution in [-0.2, 0) is 4.79 Å². The van der Waals surface area contributed by atoms with Gasteiger partial charge in [-0.25, -0.2) is 4.98 Å². The van der Waals surface area contributed by atoms with Crippen LogP contribution >= 0.6 is 11.8 Å². The van der Waals surface area contributed by atoms with Crippen LogP contribution in [0.4, 0.5) is 5.69 Å². The second kappa shape index (κ2) is 10.6. The predicted molar refractivity (Wildman–Crippen MR) is 144 cm³/mol. The van der Waals surface area contributed by atoms with E-state index in [0.29, 0.717) is 10.6 Å². The number of carbonyl (C=O) groups is 1. The molecular formula is C30H27N3OS. The maximum atomic E-state index is 13.1. The number of anilines is 1. The number of aromatic nitrogens is 1. The van der Waals surface area contributed by atoms with E-state index in [1.165, 1.54) is 11.8 Å². The molecule has 0 aliphatic rings. The summed E-state index contributed by atoms with van der Waals surface area (Å²) >= 11 is 1.31. The van der Waals surface area contributed by atoms with Crippen molar-refractivity contribution in [2.24, 2.45) is 0 Å². The summed E-state index contributed by atoms with van der Waals surface area (Å²) < 4.78 is 0. The summed E-state index contributed by atoms with van der Waals surface area (Å²) in [5.41, 5.74) is 7.99. The monoisotopic (exact) mass is 477 g/mol. The van der Waals surface area contributed by atoms with Crippen LogP contribution in [0.5, 0.6) is 0 Å². The van der Waals surface area contributed by atoms with Crippen molar-refractivity contribution in [2.75, 3.05) is 5.32 Å². The molecule has 4 rings (SSSR count). The highest BCUT2D eigenvalue weighted by Crippen LogP contribution is 2.36. The van der Waals surface area contributed by atoms with Crippen LogP contribution in [0.2, 0.25) is 0 Å². The first-order valence-corrected chi connectivity index (χ1v) is 12.4. The Morgan fingerprint density at radius 1 is 0.914 bits per heavy atom. The van der Waals surface area contributed by atoms with Gasteiger partial charge in [-0.3, -0.25) is 4.79 Å². The third kappa shape index (κ3) is 5.62. The van der Waals surface area contributed by atoms with Gasteiger partial charge in [-0.15, -0.1) is 0 Å². The van der Waals surface area contributed by atoms with E-state index in [2.05, 4.69) is 11.4 Å². The molecule has 4 nitrogen and oxygen atoms in total. The lowest BCUT2D eigenvalue weighted by atomic mass is 9.98. The van der Waals surface area contributed by atoms with Crippen molar-refractivity contribution in [1.82, 2.24) is 4.98 Å². The van der Waals surface area contributed by atoms with E-state index in [9.17, 15) is 10.1 Å². The van der Waals surface area contributed by atoms with Crippen molar-refractivity contribution in [2.45, 2.75) is 38.0 Å². The zero-order valence-electron chi connectivity index (χ0n) is 20.3. The maximum absolute atomic E-state index is 13.1. The van der Waals surface area contributed by atoms with Crippen LogP contribution in [0.3, 0.4) is 0 Å². The lowest BCUT2D eigenvalue weighted by molar-refractivity contribution is -0.115. The summed E-state index contributed by atoms with van der Waals surface area (Å²) in [6.45, 7) is 7.85. The van der Waals surface area contributed by atoms with Gasteiger partial charge in [0.2, 0.25) is 5.91 Å². The molecule has 1 aromatic heterocycles. The summed E-state index contributed by atoms with van der Waals surface area (Å²) in [6, 6.07) is 28.3. The van der Waals surface area contributed by atoms with E-state index in [1.807, 2.05) is 107 Å². The summed E-state index contributed by atoms with van der Waals surface area (Å²) in [6.07, 6.45) is 0. The second-order valence-electron chi connectivity index (χ2n) is 8.65. The molecule has 0 fully saturated rings. The molecule has 3 aromatic carbocycles. The summed E-state index contributed by atoms with van der Waals surface area (Å²) in [5, 5.41) is 13.3. The van der Waals surface area contributed by atoms with E-state index in [1.54, 1.807) is 0 Å². The Bertz CT molecular complexity index is 1410. The molecule has 1 N–H and O–H groups in total. The third-order valence-electron chi connectivity index (χ3n) is 5.84. The Hall–Kier alpha value is -3.88. The highest BCUT2D eigenvalue weighted by molar-refractivity contribution is 8.00. The van der Waals surface area contributed by atoms with Gasteiger partial charge >= 0.3 is 0 Å². The molecule has 1 unspecified atom stereocenters. The number of hydrogen-bond acceptors (Lipinski definition) is 4. The fraction of sp³-hybridized carbons (Fsp3) is 0.167. The molecule has 0 spiro atoms. The Balaban J connectivity index is 1.73. The van der Waals surface area contributed by atoms with Crippen molar-refractivity contribution in [3.05, 3.63) is 101 Å². The number of carbonyl (C=O) groups excluding carboxylic acids is 1. The molecule has 0 aliphatic heterocycles. The van der Waals surface area contributed by atoms with Gasteiger partial charge in [-0.1, -0.05) is 84.1 Å². The number of nitrogens with zero attached hydrogens (tertiary/aromatic N) is 2. The summed E-state index contributed by atoms with van der Waals surface area (Å²) in [5.74, 6) is -0.128. The number of benzene rings is 3. The number of amides is 1. The van der Waals surface area contributed by atoms with Gasteiger partial charge in [-0.2, -0.15) is 5.26 Å². The molecule has 5 heteroatoms. The molecule has 4 aromatic rings. The fourth-order valence-electron chi connectivity index (χ4n) is 3.76. The first-order valence-electron chi connectivity index (χ1n) is 11.5.